The van der Waals surface area contributed by atoms with Crippen LogP contribution in [0.2, 0.25) is 0 Å². The molecule has 1 aromatic heterocycles. The predicted molar refractivity (Wildman–Crippen MR) is 109 cm³/mol. The van der Waals surface area contributed by atoms with Crippen LogP contribution in [0.3, 0.4) is 0 Å². The first-order chi connectivity index (χ1) is 13.5. The van der Waals surface area contributed by atoms with Crippen molar-refractivity contribution in [1.29, 1.82) is 0 Å². The molecule has 1 heterocycles. The van der Waals surface area contributed by atoms with E-state index in [0.29, 0.717) is 29.2 Å². The van der Waals surface area contributed by atoms with Crippen LogP contribution in [0.4, 0.5) is 0 Å². The number of aromatic nitrogens is 2. The molecule has 5 saturated carbocycles. The van der Waals surface area contributed by atoms with Crippen LogP contribution in [-0.2, 0) is 0 Å². The van der Waals surface area contributed by atoms with Gasteiger partial charge in [-0.05, 0) is 69.0 Å². The van der Waals surface area contributed by atoms with Crippen molar-refractivity contribution in [3.05, 3.63) is 17.5 Å². The fourth-order valence-corrected chi connectivity index (χ4v) is 7.13. The third kappa shape index (κ3) is 3.36. The Morgan fingerprint density at radius 3 is 2.54 bits per heavy atom. The van der Waals surface area contributed by atoms with Gasteiger partial charge in [-0.15, -0.1) is 0 Å². The molecule has 152 valence electrons. The SMILES string of the molecule is CSc1ncc(C(=O)N[C@H]2C3CC4CC2C[C@@](O)(C4)C3)c(C2CCCCC2)n1. The van der Waals surface area contributed by atoms with E-state index in [-0.39, 0.29) is 11.9 Å². The van der Waals surface area contributed by atoms with Crippen molar-refractivity contribution < 1.29 is 9.90 Å². The second-order valence-corrected chi connectivity index (χ2v) is 10.5. The highest BCUT2D eigenvalue weighted by Crippen LogP contribution is 2.55. The normalized spacial score (nSPS) is 37.2. The lowest BCUT2D eigenvalue weighted by atomic mass is 9.52. The van der Waals surface area contributed by atoms with Gasteiger partial charge >= 0.3 is 0 Å². The maximum atomic E-state index is 13.3. The Morgan fingerprint density at radius 2 is 1.89 bits per heavy atom. The van der Waals surface area contributed by atoms with E-state index in [2.05, 4.69) is 10.3 Å². The smallest absolute Gasteiger partial charge is 0.254 e. The lowest BCUT2D eigenvalue weighted by Gasteiger charge is -2.58. The van der Waals surface area contributed by atoms with Crippen LogP contribution in [-0.4, -0.2) is 38.9 Å². The number of thioether (sulfide) groups is 1. The molecule has 2 N–H and O–H groups in total. The highest BCUT2D eigenvalue weighted by Gasteiger charge is 2.55. The molecule has 6 rings (SSSR count). The van der Waals surface area contributed by atoms with Gasteiger partial charge in [0, 0.05) is 18.2 Å². The molecule has 5 nitrogen and oxygen atoms in total. The van der Waals surface area contributed by atoms with E-state index < -0.39 is 5.60 Å². The second-order valence-electron chi connectivity index (χ2n) is 9.68. The summed E-state index contributed by atoms with van der Waals surface area (Å²) in [6, 6.07) is 0.198. The van der Waals surface area contributed by atoms with Crippen molar-refractivity contribution in [2.24, 2.45) is 17.8 Å². The van der Waals surface area contributed by atoms with Gasteiger partial charge in [-0.1, -0.05) is 31.0 Å². The fourth-order valence-electron chi connectivity index (χ4n) is 6.78. The topological polar surface area (TPSA) is 75.1 Å². The average Bonchev–Trinajstić information content (AvgIpc) is 2.69. The Labute approximate surface area is 171 Å². The van der Waals surface area contributed by atoms with Gasteiger partial charge in [0.2, 0.25) is 0 Å². The van der Waals surface area contributed by atoms with E-state index in [1.165, 1.54) is 31.0 Å². The summed E-state index contributed by atoms with van der Waals surface area (Å²) in [5.41, 5.74) is 1.17. The number of carbonyl (C=O) groups excluding carboxylic acids is 1. The minimum atomic E-state index is -0.464. The molecule has 2 unspecified atom stereocenters. The Bertz CT molecular complexity index is 748. The molecule has 6 heteroatoms. The molecular weight excluding hydrogens is 370 g/mol. The van der Waals surface area contributed by atoms with Crippen molar-refractivity contribution in [2.45, 2.75) is 86.9 Å². The van der Waals surface area contributed by atoms with E-state index in [4.69, 9.17) is 4.98 Å². The van der Waals surface area contributed by atoms with Crippen LogP contribution >= 0.6 is 11.8 Å². The van der Waals surface area contributed by atoms with Gasteiger partial charge in [0.1, 0.15) is 0 Å². The standard InChI is InChI=1S/C22H31N3O2S/c1-28-21-23-12-17(19(25-21)14-5-3-2-4-6-14)20(26)24-18-15-7-13-8-16(18)11-22(27,9-13)10-15/h12-16,18,27H,2-11H2,1H3,(H,24,26)/t13?,15?,16?,18-,22+. The number of hydrogen-bond acceptors (Lipinski definition) is 5. The predicted octanol–water partition coefficient (Wildman–Crippen LogP) is 3.92. The molecule has 0 aromatic carbocycles. The molecule has 0 aliphatic heterocycles. The summed E-state index contributed by atoms with van der Waals surface area (Å²) in [5, 5.41) is 14.9. The minimum absolute atomic E-state index is 0.00214. The van der Waals surface area contributed by atoms with E-state index in [1.54, 1.807) is 6.20 Å². The van der Waals surface area contributed by atoms with Crippen molar-refractivity contribution in [1.82, 2.24) is 15.3 Å². The fraction of sp³-hybridized carbons (Fsp3) is 0.773. The number of carbonyl (C=O) groups is 1. The maximum Gasteiger partial charge on any atom is 0.254 e. The molecule has 0 radical (unpaired) electrons. The molecule has 0 saturated heterocycles. The minimum Gasteiger partial charge on any atom is -0.390 e. The maximum absolute atomic E-state index is 13.3. The highest BCUT2D eigenvalue weighted by atomic mass is 32.2. The molecule has 5 aliphatic carbocycles. The Kier molecular flexibility index (Phi) is 4.90. The summed E-state index contributed by atoms with van der Waals surface area (Å²) < 4.78 is 0. The van der Waals surface area contributed by atoms with Crippen LogP contribution in [0.1, 0.15) is 86.2 Å². The highest BCUT2D eigenvalue weighted by molar-refractivity contribution is 7.98. The molecular formula is C22H31N3O2S. The van der Waals surface area contributed by atoms with Crippen molar-refractivity contribution in [3.8, 4) is 0 Å². The molecule has 1 amide bonds. The summed E-state index contributed by atoms with van der Waals surface area (Å²) in [6.45, 7) is 0. The third-order valence-corrected chi connectivity index (χ3v) is 8.32. The zero-order chi connectivity index (χ0) is 19.3. The lowest BCUT2D eigenvalue weighted by Crippen LogP contribution is -2.61. The molecule has 2 atom stereocenters. The molecule has 5 aliphatic rings. The number of nitrogens with zero attached hydrogens (tertiary/aromatic N) is 2. The number of rotatable bonds is 4. The first-order valence-corrected chi connectivity index (χ1v) is 12.2. The molecule has 5 fully saturated rings. The van der Waals surface area contributed by atoms with Gasteiger partial charge in [-0.25, -0.2) is 9.97 Å². The van der Waals surface area contributed by atoms with Crippen molar-refractivity contribution >= 4 is 17.7 Å². The first-order valence-electron chi connectivity index (χ1n) is 11.0. The van der Waals surface area contributed by atoms with Gasteiger partial charge in [-0.2, -0.15) is 0 Å². The summed E-state index contributed by atoms with van der Waals surface area (Å²) in [7, 11) is 0. The van der Waals surface area contributed by atoms with E-state index in [9.17, 15) is 9.90 Å². The van der Waals surface area contributed by atoms with Crippen LogP contribution in [0.15, 0.2) is 11.4 Å². The Balaban J connectivity index is 1.38. The number of aliphatic hydroxyl groups is 1. The molecule has 4 bridgehead atoms. The van der Waals surface area contributed by atoms with Crippen LogP contribution in [0.25, 0.3) is 0 Å². The van der Waals surface area contributed by atoms with E-state index in [1.807, 2.05) is 6.26 Å². The lowest BCUT2D eigenvalue weighted by molar-refractivity contribution is -0.136. The van der Waals surface area contributed by atoms with Crippen LogP contribution in [0, 0.1) is 17.8 Å². The van der Waals surface area contributed by atoms with Gasteiger partial charge in [0.15, 0.2) is 5.16 Å². The first kappa shape index (κ1) is 18.9. The van der Waals surface area contributed by atoms with Crippen LogP contribution < -0.4 is 5.32 Å². The van der Waals surface area contributed by atoms with Gasteiger partial charge < -0.3 is 10.4 Å². The average molecular weight is 402 g/mol. The molecule has 28 heavy (non-hydrogen) atoms. The van der Waals surface area contributed by atoms with Crippen molar-refractivity contribution in [2.75, 3.05) is 6.26 Å². The quantitative estimate of drug-likeness (QED) is 0.591. The van der Waals surface area contributed by atoms with Gasteiger partial charge in [0.25, 0.3) is 5.91 Å². The van der Waals surface area contributed by atoms with Crippen LogP contribution in [0.5, 0.6) is 0 Å². The van der Waals surface area contributed by atoms with E-state index >= 15 is 0 Å². The monoisotopic (exact) mass is 401 g/mol. The third-order valence-electron chi connectivity index (χ3n) is 7.75. The molecule has 1 aromatic rings. The summed E-state index contributed by atoms with van der Waals surface area (Å²) in [4.78, 5) is 22.5. The zero-order valence-electron chi connectivity index (χ0n) is 16.7. The van der Waals surface area contributed by atoms with Gasteiger partial charge in [0.05, 0.1) is 16.9 Å². The second kappa shape index (κ2) is 7.28. The van der Waals surface area contributed by atoms with Crippen molar-refractivity contribution in [3.63, 3.8) is 0 Å². The number of hydrogen-bond donors (Lipinski definition) is 2. The largest absolute Gasteiger partial charge is 0.390 e. The Morgan fingerprint density at radius 1 is 1.18 bits per heavy atom. The molecule has 0 spiro atoms. The number of amides is 1. The Hall–Kier alpha value is -1.14. The summed E-state index contributed by atoms with van der Waals surface area (Å²) in [6.07, 6.45) is 14.7. The summed E-state index contributed by atoms with van der Waals surface area (Å²) in [5.74, 6) is 1.87. The zero-order valence-corrected chi connectivity index (χ0v) is 17.5. The van der Waals surface area contributed by atoms with Gasteiger partial charge in [-0.3, -0.25) is 4.79 Å². The van der Waals surface area contributed by atoms with E-state index in [0.717, 1.165) is 55.8 Å². The summed E-state index contributed by atoms with van der Waals surface area (Å²) >= 11 is 1.54. The number of nitrogens with one attached hydrogen (secondary N) is 1.